The van der Waals surface area contributed by atoms with Gasteiger partial charge in [0, 0.05) is 17.5 Å². The highest BCUT2D eigenvalue weighted by Crippen LogP contribution is 2.28. The Kier molecular flexibility index (Phi) is 4.85. The molecule has 4 rings (SSSR count). The van der Waals surface area contributed by atoms with Gasteiger partial charge in [0.1, 0.15) is 41.9 Å². The van der Waals surface area contributed by atoms with E-state index in [-0.39, 0.29) is 6.61 Å². The minimum atomic E-state index is -1.24. The fourth-order valence-corrected chi connectivity index (χ4v) is 3.15. The van der Waals surface area contributed by atoms with Crippen molar-refractivity contribution in [2.24, 2.45) is 0 Å². The van der Waals surface area contributed by atoms with Crippen LogP contribution in [-0.4, -0.2) is 55.2 Å². The van der Waals surface area contributed by atoms with Gasteiger partial charge in [0.25, 0.3) is 0 Å². The van der Waals surface area contributed by atoms with Crippen molar-refractivity contribution in [3.05, 3.63) is 52.1 Å². The first-order valence-electron chi connectivity index (χ1n) is 8.67. The smallest absolute Gasteiger partial charge is 0.336 e. The first-order chi connectivity index (χ1) is 13.5. The number of hydrogen-bond acceptors (Lipinski definition) is 9. The molecule has 0 amide bonds. The summed E-state index contributed by atoms with van der Waals surface area (Å²) >= 11 is 0. The molecule has 0 radical (unpaired) electrons. The molecule has 10 nitrogen and oxygen atoms in total. The molecule has 1 aliphatic heterocycles. The van der Waals surface area contributed by atoms with E-state index in [4.69, 9.17) is 19.0 Å². The number of hydrogen-bond donors (Lipinski definition) is 3. The van der Waals surface area contributed by atoms with E-state index in [0.29, 0.717) is 17.0 Å². The lowest BCUT2D eigenvalue weighted by Crippen LogP contribution is -2.33. The average molecular weight is 389 g/mol. The lowest BCUT2D eigenvalue weighted by Gasteiger charge is -2.13. The number of rotatable bonds is 5. The summed E-state index contributed by atoms with van der Waals surface area (Å²) in [6.07, 6.45) is -2.77. The molecule has 3 aromatic rings. The van der Waals surface area contributed by atoms with Gasteiger partial charge in [-0.15, -0.1) is 5.10 Å². The Bertz CT molecular complexity index is 1050. The molecule has 3 N–H and O–H groups in total. The van der Waals surface area contributed by atoms with Gasteiger partial charge in [-0.05, 0) is 24.6 Å². The fraction of sp³-hybridized carbons (Fsp3) is 0.389. The van der Waals surface area contributed by atoms with E-state index in [2.05, 4.69) is 10.3 Å². The van der Waals surface area contributed by atoms with Crippen molar-refractivity contribution in [1.82, 2.24) is 15.0 Å². The van der Waals surface area contributed by atoms with Gasteiger partial charge < -0.3 is 29.2 Å². The van der Waals surface area contributed by atoms with Crippen molar-refractivity contribution in [1.29, 1.82) is 0 Å². The predicted octanol–water partition coefficient (Wildman–Crippen LogP) is -0.117. The summed E-state index contributed by atoms with van der Waals surface area (Å²) in [5.41, 5.74) is 1.28. The van der Waals surface area contributed by atoms with Crippen molar-refractivity contribution >= 4 is 11.0 Å². The molecule has 1 fully saturated rings. The van der Waals surface area contributed by atoms with Crippen molar-refractivity contribution in [2.75, 3.05) is 6.61 Å². The summed E-state index contributed by atoms with van der Waals surface area (Å²) in [6, 6.07) is 6.61. The largest absolute Gasteiger partial charge is 0.487 e. The second-order valence-electron chi connectivity index (χ2n) is 6.61. The summed E-state index contributed by atoms with van der Waals surface area (Å²) in [5, 5.41) is 37.7. The Morgan fingerprint density at radius 3 is 2.82 bits per heavy atom. The summed E-state index contributed by atoms with van der Waals surface area (Å²) in [7, 11) is 0. The van der Waals surface area contributed by atoms with Crippen molar-refractivity contribution < 1.29 is 29.2 Å². The Morgan fingerprint density at radius 2 is 2.07 bits per heavy atom. The van der Waals surface area contributed by atoms with Crippen LogP contribution in [0.15, 0.2) is 39.7 Å². The topological polar surface area (TPSA) is 140 Å². The van der Waals surface area contributed by atoms with E-state index in [0.717, 1.165) is 10.9 Å². The third-order valence-electron chi connectivity index (χ3n) is 4.65. The molecule has 0 unspecified atom stereocenters. The molecule has 148 valence electrons. The van der Waals surface area contributed by atoms with Crippen molar-refractivity contribution in [3.63, 3.8) is 0 Å². The summed E-state index contributed by atoms with van der Waals surface area (Å²) < 4.78 is 17.5. The Hall–Kier alpha value is -2.79. The summed E-state index contributed by atoms with van der Waals surface area (Å²) in [4.78, 5) is 11.5. The Balaban J connectivity index is 1.46. The van der Waals surface area contributed by atoms with Gasteiger partial charge in [0.2, 0.25) is 0 Å². The van der Waals surface area contributed by atoms with Crippen molar-refractivity contribution in [2.45, 2.75) is 38.1 Å². The molecule has 0 bridgehead atoms. The highest BCUT2D eigenvalue weighted by atomic mass is 16.6. The number of aliphatic hydroxyl groups is 3. The van der Waals surface area contributed by atoms with Crippen LogP contribution in [0.4, 0.5) is 0 Å². The molecule has 28 heavy (non-hydrogen) atoms. The minimum Gasteiger partial charge on any atom is -0.487 e. The molecule has 1 saturated heterocycles. The standard InChI is InChI=1S/C18H19N3O7/c1-9-4-15(23)27-13-5-11(2-3-12(9)13)26-8-10-6-21(20-19-10)18-17(25)16(24)14(7-22)28-18/h2-6,14,16-18,22,24-25H,7-8H2,1H3/t14-,16-,17-,18-/m1/s1. The number of nitrogens with zero attached hydrogens (tertiary/aromatic N) is 3. The van der Waals surface area contributed by atoms with Crippen LogP contribution >= 0.6 is 0 Å². The highest BCUT2D eigenvalue weighted by molar-refractivity contribution is 5.81. The maximum absolute atomic E-state index is 11.5. The molecule has 3 heterocycles. The zero-order valence-corrected chi connectivity index (χ0v) is 14.9. The number of aryl methyl sites for hydroxylation is 1. The van der Waals surface area contributed by atoms with Gasteiger partial charge in [0.15, 0.2) is 6.23 Å². The van der Waals surface area contributed by atoms with E-state index in [1.54, 1.807) is 18.2 Å². The highest BCUT2D eigenvalue weighted by Gasteiger charge is 2.43. The minimum absolute atomic E-state index is 0.0797. The SMILES string of the molecule is Cc1cc(=O)oc2cc(OCc3cn([C@@H]4O[C@H](CO)[C@@H](O)[C@H]4O)nn3)ccc12. The average Bonchev–Trinajstić information content (AvgIpc) is 3.25. The van der Waals surface area contributed by atoms with Crippen molar-refractivity contribution in [3.8, 4) is 5.75 Å². The third kappa shape index (κ3) is 3.38. The lowest BCUT2D eigenvalue weighted by molar-refractivity contribution is -0.0594. The van der Waals surface area contributed by atoms with Crippen LogP contribution < -0.4 is 10.4 Å². The van der Waals surface area contributed by atoms with Gasteiger partial charge in [-0.1, -0.05) is 5.21 Å². The second-order valence-corrected chi connectivity index (χ2v) is 6.61. The second kappa shape index (κ2) is 7.32. The van der Waals surface area contributed by atoms with Crippen LogP contribution in [0.1, 0.15) is 17.5 Å². The van der Waals surface area contributed by atoms with Gasteiger partial charge in [-0.2, -0.15) is 0 Å². The monoisotopic (exact) mass is 389 g/mol. The summed E-state index contributed by atoms with van der Waals surface area (Å²) in [5.74, 6) is 0.490. The Labute approximate surface area is 158 Å². The molecule has 10 heteroatoms. The maximum atomic E-state index is 11.5. The zero-order valence-electron chi connectivity index (χ0n) is 14.9. The van der Waals surface area contributed by atoms with E-state index >= 15 is 0 Å². The van der Waals surface area contributed by atoms with Crippen LogP contribution in [0.3, 0.4) is 0 Å². The van der Waals surface area contributed by atoms with Crippen LogP contribution in [0, 0.1) is 6.92 Å². The van der Waals surface area contributed by atoms with E-state index in [1.807, 2.05) is 6.92 Å². The quantitative estimate of drug-likeness (QED) is 0.510. The number of ether oxygens (including phenoxy) is 2. The van der Waals surface area contributed by atoms with Gasteiger partial charge >= 0.3 is 5.63 Å². The lowest BCUT2D eigenvalue weighted by atomic mass is 10.1. The maximum Gasteiger partial charge on any atom is 0.336 e. The van der Waals surface area contributed by atoms with Gasteiger partial charge in [-0.3, -0.25) is 0 Å². The number of fused-ring (bicyclic) bond motifs is 1. The first-order valence-corrected chi connectivity index (χ1v) is 8.67. The molecule has 0 saturated carbocycles. The molecule has 0 spiro atoms. The van der Waals surface area contributed by atoms with E-state index in [9.17, 15) is 15.0 Å². The molecule has 4 atom stereocenters. The molecule has 0 aliphatic carbocycles. The number of benzene rings is 1. The molecular formula is C18H19N3O7. The van der Waals surface area contributed by atoms with E-state index in [1.165, 1.54) is 16.9 Å². The molecule has 2 aromatic heterocycles. The predicted molar refractivity (Wildman–Crippen MR) is 94.6 cm³/mol. The van der Waals surface area contributed by atoms with Gasteiger partial charge in [0.05, 0.1) is 12.8 Å². The summed E-state index contributed by atoms with van der Waals surface area (Å²) in [6.45, 7) is 1.49. The third-order valence-corrected chi connectivity index (χ3v) is 4.65. The van der Waals surface area contributed by atoms with Crippen LogP contribution in [0.2, 0.25) is 0 Å². The first kappa shape index (κ1) is 18.6. The fourth-order valence-electron chi connectivity index (χ4n) is 3.15. The molecule has 1 aromatic carbocycles. The zero-order chi connectivity index (χ0) is 19.8. The van der Waals surface area contributed by atoms with Crippen LogP contribution in [0.5, 0.6) is 5.75 Å². The van der Waals surface area contributed by atoms with E-state index < -0.39 is 36.8 Å². The van der Waals surface area contributed by atoms with Crippen LogP contribution in [0.25, 0.3) is 11.0 Å². The normalized spacial score (nSPS) is 24.7. The van der Waals surface area contributed by atoms with Gasteiger partial charge in [-0.25, -0.2) is 9.48 Å². The molecule has 1 aliphatic rings. The number of aliphatic hydroxyl groups excluding tert-OH is 3. The number of aromatic nitrogens is 3. The van der Waals surface area contributed by atoms with Crippen LogP contribution in [-0.2, 0) is 11.3 Å². The Morgan fingerprint density at radius 1 is 1.25 bits per heavy atom. The molecular weight excluding hydrogens is 370 g/mol.